The van der Waals surface area contributed by atoms with Gasteiger partial charge in [0.25, 0.3) is 11.8 Å². The third-order valence-electron chi connectivity index (χ3n) is 5.88. The van der Waals surface area contributed by atoms with E-state index in [1.54, 1.807) is 42.5 Å². The van der Waals surface area contributed by atoms with Crippen molar-refractivity contribution < 1.29 is 14.3 Å². The van der Waals surface area contributed by atoms with Crippen LogP contribution >= 0.6 is 12.2 Å². The Kier molecular flexibility index (Phi) is 8.46. The van der Waals surface area contributed by atoms with Crippen LogP contribution < -0.4 is 15.4 Å². The lowest BCUT2D eigenvalue weighted by Crippen LogP contribution is -2.35. The number of hydrogen-bond acceptors (Lipinski definition) is 4. The molecule has 1 aliphatic heterocycles. The number of piperidine rings is 1. The van der Waals surface area contributed by atoms with Crippen LogP contribution in [0.15, 0.2) is 78.9 Å². The second-order valence-electron chi connectivity index (χ2n) is 8.42. The van der Waals surface area contributed by atoms with Gasteiger partial charge in [0.2, 0.25) is 0 Å². The van der Waals surface area contributed by atoms with Crippen molar-refractivity contribution in [3.05, 3.63) is 95.6 Å². The van der Waals surface area contributed by atoms with Crippen molar-refractivity contribution in [2.75, 3.05) is 25.0 Å². The summed E-state index contributed by atoms with van der Waals surface area (Å²) >= 11 is 5.33. The minimum Gasteiger partial charge on any atom is -0.492 e. The van der Waals surface area contributed by atoms with E-state index in [0.717, 1.165) is 32.4 Å². The summed E-state index contributed by atoms with van der Waals surface area (Å²) in [4.78, 5) is 27.4. The Balaban J connectivity index is 1.30. The van der Waals surface area contributed by atoms with E-state index in [1.807, 2.05) is 41.3 Å². The van der Waals surface area contributed by atoms with E-state index >= 15 is 0 Å². The molecule has 3 aromatic rings. The topological polar surface area (TPSA) is 70.7 Å². The molecule has 35 heavy (non-hydrogen) atoms. The van der Waals surface area contributed by atoms with E-state index in [9.17, 15) is 9.59 Å². The molecule has 1 aliphatic rings. The number of benzene rings is 3. The molecule has 7 heteroatoms. The van der Waals surface area contributed by atoms with Crippen molar-refractivity contribution in [3.8, 4) is 5.75 Å². The van der Waals surface area contributed by atoms with Crippen molar-refractivity contribution >= 4 is 34.8 Å². The van der Waals surface area contributed by atoms with Crippen molar-refractivity contribution in [1.29, 1.82) is 0 Å². The SMILES string of the molecule is O=C(NC(=S)Nc1ccc(C(=O)N2CCCCC2)cc1)c1ccccc1OCCc1ccccc1. The molecule has 0 radical (unpaired) electrons. The summed E-state index contributed by atoms with van der Waals surface area (Å²) in [5.74, 6) is 0.204. The van der Waals surface area contributed by atoms with Crippen LogP contribution in [0.5, 0.6) is 5.75 Å². The Bertz CT molecular complexity index is 1160. The number of anilines is 1. The first-order chi connectivity index (χ1) is 17.1. The average Bonchev–Trinajstić information content (AvgIpc) is 2.90. The molecule has 0 bridgehead atoms. The summed E-state index contributed by atoms with van der Waals surface area (Å²) in [6.45, 7) is 2.08. The smallest absolute Gasteiger partial charge is 0.261 e. The summed E-state index contributed by atoms with van der Waals surface area (Å²) in [6.07, 6.45) is 4.04. The summed E-state index contributed by atoms with van der Waals surface area (Å²) < 4.78 is 5.89. The number of likely N-dealkylation sites (tertiary alicyclic amines) is 1. The van der Waals surface area contributed by atoms with Crippen LogP contribution in [0.1, 0.15) is 45.5 Å². The average molecular weight is 488 g/mol. The first kappa shape index (κ1) is 24.4. The molecule has 2 amide bonds. The molecule has 1 saturated heterocycles. The fourth-order valence-corrected chi connectivity index (χ4v) is 4.22. The first-order valence-corrected chi connectivity index (χ1v) is 12.3. The summed E-state index contributed by atoms with van der Waals surface area (Å²) in [5, 5.41) is 5.89. The third-order valence-corrected chi connectivity index (χ3v) is 6.09. The zero-order valence-electron chi connectivity index (χ0n) is 19.5. The van der Waals surface area contributed by atoms with Gasteiger partial charge in [-0.05, 0) is 73.4 Å². The minimum atomic E-state index is -0.352. The number of amides is 2. The highest BCUT2D eigenvalue weighted by Gasteiger charge is 2.18. The van der Waals surface area contributed by atoms with Gasteiger partial charge in [0.15, 0.2) is 5.11 Å². The number of thiocarbonyl (C=S) groups is 1. The summed E-state index contributed by atoms with van der Waals surface area (Å²) in [6, 6.07) is 24.3. The largest absolute Gasteiger partial charge is 0.492 e. The highest BCUT2D eigenvalue weighted by atomic mass is 32.1. The van der Waals surface area contributed by atoms with Gasteiger partial charge in [-0.3, -0.25) is 14.9 Å². The standard InChI is InChI=1S/C28H29N3O3S/c32-26(24-11-5-6-12-25(24)34-20-17-21-9-3-1-4-10-21)30-28(35)29-23-15-13-22(14-16-23)27(33)31-18-7-2-8-19-31/h1,3-6,9-16H,2,7-8,17-20H2,(H2,29,30,32,35). The molecule has 0 atom stereocenters. The van der Waals surface area contributed by atoms with Crippen molar-refractivity contribution in [3.63, 3.8) is 0 Å². The molecule has 1 fully saturated rings. The van der Waals surface area contributed by atoms with Gasteiger partial charge < -0.3 is 15.0 Å². The van der Waals surface area contributed by atoms with Crippen LogP contribution in [0, 0.1) is 0 Å². The molecular weight excluding hydrogens is 458 g/mol. The molecule has 0 saturated carbocycles. The van der Waals surface area contributed by atoms with Crippen molar-refractivity contribution in [2.24, 2.45) is 0 Å². The fraction of sp³-hybridized carbons (Fsp3) is 0.250. The molecular formula is C28H29N3O3S. The molecule has 0 aliphatic carbocycles. The Labute approximate surface area is 211 Å². The lowest BCUT2D eigenvalue weighted by Gasteiger charge is -2.26. The second kappa shape index (κ2) is 12.1. The summed E-state index contributed by atoms with van der Waals surface area (Å²) in [7, 11) is 0. The Morgan fingerprint density at radius 2 is 1.54 bits per heavy atom. The first-order valence-electron chi connectivity index (χ1n) is 11.9. The Morgan fingerprint density at radius 1 is 0.857 bits per heavy atom. The Hall–Kier alpha value is -3.71. The van der Waals surface area contributed by atoms with E-state index in [0.29, 0.717) is 29.2 Å². The van der Waals surface area contributed by atoms with Crippen molar-refractivity contribution in [2.45, 2.75) is 25.7 Å². The number of carbonyl (C=O) groups is 2. The highest BCUT2D eigenvalue weighted by Crippen LogP contribution is 2.19. The molecule has 0 aromatic heterocycles. The number of nitrogens with one attached hydrogen (secondary N) is 2. The quantitative estimate of drug-likeness (QED) is 0.456. The number of hydrogen-bond donors (Lipinski definition) is 2. The van der Waals surface area contributed by atoms with Gasteiger partial charge in [-0.2, -0.15) is 0 Å². The van der Waals surface area contributed by atoms with E-state index in [1.165, 1.54) is 12.0 Å². The minimum absolute atomic E-state index is 0.0519. The molecule has 180 valence electrons. The van der Waals surface area contributed by atoms with Gasteiger partial charge in [0.1, 0.15) is 5.75 Å². The second-order valence-corrected chi connectivity index (χ2v) is 8.83. The van der Waals surface area contributed by atoms with Gasteiger partial charge in [-0.25, -0.2) is 0 Å². The van der Waals surface area contributed by atoms with Crippen molar-refractivity contribution in [1.82, 2.24) is 10.2 Å². The highest BCUT2D eigenvalue weighted by molar-refractivity contribution is 7.80. The number of carbonyl (C=O) groups excluding carboxylic acids is 2. The number of nitrogens with zero attached hydrogens (tertiary/aromatic N) is 1. The van der Waals surface area contributed by atoms with Gasteiger partial charge in [-0.1, -0.05) is 42.5 Å². The predicted molar refractivity (Wildman–Crippen MR) is 142 cm³/mol. The van der Waals surface area contributed by atoms with Gasteiger partial charge >= 0.3 is 0 Å². The monoisotopic (exact) mass is 487 g/mol. The van der Waals surface area contributed by atoms with E-state index in [2.05, 4.69) is 10.6 Å². The maximum atomic E-state index is 12.8. The fourth-order valence-electron chi connectivity index (χ4n) is 4.01. The predicted octanol–water partition coefficient (Wildman–Crippen LogP) is 5.06. The molecule has 6 nitrogen and oxygen atoms in total. The zero-order valence-corrected chi connectivity index (χ0v) is 20.4. The molecule has 4 rings (SSSR count). The number of para-hydroxylation sites is 1. The molecule has 0 spiro atoms. The molecule has 2 N–H and O–H groups in total. The lowest BCUT2D eigenvalue weighted by atomic mass is 10.1. The van der Waals surface area contributed by atoms with Crippen LogP contribution in [0.3, 0.4) is 0 Å². The van der Waals surface area contributed by atoms with Gasteiger partial charge in [0.05, 0.1) is 12.2 Å². The van der Waals surface area contributed by atoms with Crippen LogP contribution in [0.25, 0.3) is 0 Å². The van der Waals surface area contributed by atoms with E-state index in [-0.39, 0.29) is 16.9 Å². The lowest BCUT2D eigenvalue weighted by molar-refractivity contribution is 0.0724. The van der Waals surface area contributed by atoms with Crippen LogP contribution in [-0.4, -0.2) is 41.5 Å². The maximum absolute atomic E-state index is 12.8. The number of ether oxygens (including phenoxy) is 1. The normalized spacial score (nSPS) is 13.1. The maximum Gasteiger partial charge on any atom is 0.261 e. The molecule has 0 unspecified atom stereocenters. The molecule has 1 heterocycles. The Morgan fingerprint density at radius 3 is 2.29 bits per heavy atom. The number of rotatable bonds is 7. The zero-order chi connectivity index (χ0) is 24.5. The molecule has 3 aromatic carbocycles. The van der Waals surface area contributed by atoms with Crippen LogP contribution in [0.2, 0.25) is 0 Å². The van der Waals surface area contributed by atoms with E-state index < -0.39 is 0 Å². The van der Waals surface area contributed by atoms with E-state index in [4.69, 9.17) is 17.0 Å². The van der Waals surface area contributed by atoms with Crippen LogP contribution in [-0.2, 0) is 6.42 Å². The van der Waals surface area contributed by atoms with Crippen LogP contribution in [0.4, 0.5) is 5.69 Å². The van der Waals surface area contributed by atoms with Gasteiger partial charge in [0, 0.05) is 30.8 Å². The van der Waals surface area contributed by atoms with Gasteiger partial charge in [-0.15, -0.1) is 0 Å². The third kappa shape index (κ3) is 6.90. The summed E-state index contributed by atoms with van der Waals surface area (Å²) in [5.41, 5.74) is 2.92.